The third-order valence-electron chi connectivity index (χ3n) is 2.07. The quantitative estimate of drug-likeness (QED) is 0.702. The zero-order chi connectivity index (χ0) is 11.8. The number of halogens is 1. The highest BCUT2D eigenvalue weighted by Gasteiger charge is 2.06. The molecule has 2 rings (SSSR count). The molecule has 0 unspecified atom stereocenters. The van der Waals surface area contributed by atoms with Crippen LogP contribution in [0.2, 0.25) is 0 Å². The van der Waals surface area contributed by atoms with Crippen LogP contribution in [0.1, 0.15) is 15.9 Å². The molecule has 0 saturated carbocycles. The molecule has 2 heteroatoms. The van der Waals surface area contributed by atoms with Crippen molar-refractivity contribution in [3.63, 3.8) is 0 Å². The van der Waals surface area contributed by atoms with Gasteiger partial charge in [0, 0.05) is 11.1 Å². The van der Waals surface area contributed by atoms with E-state index in [2.05, 4.69) is 0 Å². The first-order valence-corrected chi connectivity index (χ1v) is 4.90. The second-order valence-corrected chi connectivity index (χ2v) is 3.06. The van der Waals surface area contributed by atoms with Gasteiger partial charge in [-0.15, -0.1) is 0 Å². The lowest BCUT2D eigenvalue weighted by atomic mass is 10.0. The molecule has 2 aromatic carbocycles. The van der Waals surface area contributed by atoms with E-state index >= 15 is 0 Å². The summed E-state index contributed by atoms with van der Waals surface area (Å²) in [5.74, 6) is 0.0752. The van der Waals surface area contributed by atoms with Gasteiger partial charge in [-0.1, -0.05) is 60.7 Å². The first-order chi connectivity index (χ1) is 7.88. The Hall–Kier alpha value is -1.96. The van der Waals surface area contributed by atoms with Crippen LogP contribution in [0.15, 0.2) is 60.7 Å². The number of hydrogen-bond donors (Lipinski definition) is 0. The summed E-state index contributed by atoms with van der Waals surface area (Å²) in [4.78, 5) is 11.8. The summed E-state index contributed by atoms with van der Waals surface area (Å²) in [5.41, 5.74) is 1.47. The van der Waals surface area contributed by atoms with Crippen molar-refractivity contribution in [2.45, 2.75) is 0 Å². The first-order valence-electron chi connectivity index (χ1n) is 4.90. The number of alkyl halides is 1. The molecule has 0 aliphatic rings. The summed E-state index contributed by atoms with van der Waals surface area (Å²) in [7, 11) is 0.500. The lowest BCUT2D eigenvalue weighted by molar-refractivity contribution is 0.103. The van der Waals surface area contributed by atoms with Gasteiger partial charge in [0.1, 0.15) is 0 Å². The molecule has 0 aliphatic carbocycles. The summed E-state index contributed by atoms with van der Waals surface area (Å²) in [6, 6.07) is 18.6. The summed E-state index contributed by atoms with van der Waals surface area (Å²) >= 11 is 0. The third-order valence-corrected chi connectivity index (χ3v) is 2.07. The largest absolute Gasteiger partial charge is 0.289 e. The minimum absolute atomic E-state index is 0.0752. The van der Waals surface area contributed by atoms with Gasteiger partial charge in [-0.25, -0.2) is 0 Å². The molecule has 0 atom stereocenters. The third kappa shape index (κ3) is 3.02. The first kappa shape index (κ1) is 12.1. The Morgan fingerprint density at radius 1 is 0.750 bits per heavy atom. The van der Waals surface area contributed by atoms with E-state index in [0.717, 1.165) is 11.1 Å². The molecule has 0 amide bonds. The number of hydrogen-bond acceptors (Lipinski definition) is 1. The van der Waals surface area contributed by atoms with E-state index in [9.17, 15) is 9.18 Å². The lowest BCUT2D eigenvalue weighted by Gasteiger charge is -1.99. The topological polar surface area (TPSA) is 17.1 Å². The van der Waals surface area contributed by atoms with Crippen LogP contribution in [0.25, 0.3) is 0 Å². The fourth-order valence-electron chi connectivity index (χ4n) is 1.35. The fraction of sp³-hybridized carbons (Fsp3) is 0.0714. The molecule has 0 heterocycles. The monoisotopic (exact) mass is 216 g/mol. The highest BCUT2D eigenvalue weighted by molar-refractivity contribution is 6.08. The molecule has 0 N–H and O–H groups in total. The van der Waals surface area contributed by atoms with Gasteiger partial charge in [0.15, 0.2) is 5.78 Å². The molecule has 16 heavy (non-hydrogen) atoms. The maximum absolute atomic E-state index is 11.8. The number of carbonyl (C=O) groups is 1. The highest BCUT2D eigenvalue weighted by Crippen LogP contribution is 2.08. The highest BCUT2D eigenvalue weighted by atomic mass is 19.1. The standard InChI is InChI=1S/C13H10O.CH3F/c14-13(11-7-3-1-4-8-11)12-9-5-2-6-10-12;1-2/h1-10H;1H3. The van der Waals surface area contributed by atoms with Crippen LogP contribution in [0, 0.1) is 0 Å². The van der Waals surface area contributed by atoms with Crippen molar-refractivity contribution < 1.29 is 9.18 Å². The Bertz CT molecular complexity index is 382. The molecular formula is C14H13FO. The van der Waals surface area contributed by atoms with Crippen molar-refractivity contribution in [3.8, 4) is 0 Å². The molecule has 2 aromatic rings. The van der Waals surface area contributed by atoms with Crippen molar-refractivity contribution in [2.75, 3.05) is 7.18 Å². The summed E-state index contributed by atoms with van der Waals surface area (Å²) in [6.45, 7) is 0. The molecule has 1 nitrogen and oxygen atoms in total. The van der Waals surface area contributed by atoms with Crippen LogP contribution < -0.4 is 0 Å². The Morgan fingerprint density at radius 2 is 1.06 bits per heavy atom. The SMILES string of the molecule is CF.O=C(c1ccccc1)c1ccccc1. The van der Waals surface area contributed by atoms with Crippen molar-refractivity contribution in [1.29, 1.82) is 0 Å². The fourth-order valence-corrected chi connectivity index (χ4v) is 1.35. The second-order valence-electron chi connectivity index (χ2n) is 3.06. The van der Waals surface area contributed by atoms with Crippen LogP contribution in [0.5, 0.6) is 0 Å². The van der Waals surface area contributed by atoms with Crippen LogP contribution in [0.4, 0.5) is 4.39 Å². The van der Waals surface area contributed by atoms with E-state index in [1.165, 1.54) is 0 Å². The molecular weight excluding hydrogens is 203 g/mol. The van der Waals surface area contributed by atoms with E-state index in [4.69, 9.17) is 0 Å². The van der Waals surface area contributed by atoms with Gasteiger partial charge in [0.2, 0.25) is 0 Å². The number of carbonyl (C=O) groups excluding carboxylic acids is 1. The van der Waals surface area contributed by atoms with Gasteiger partial charge in [-0.2, -0.15) is 0 Å². The molecule has 0 spiro atoms. The smallest absolute Gasteiger partial charge is 0.193 e. The molecule has 0 aromatic heterocycles. The number of benzene rings is 2. The number of rotatable bonds is 2. The van der Waals surface area contributed by atoms with Crippen molar-refractivity contribution in [1.82, 2.24) is 0 Å². The van der Waals surface area contributed by atoms with E-state index in [-0.39, 0.29) is 5.78 Å². The molecule has 82 valence electrons. The Balaban J connectivity index is 0.000000606. The summed E-state index contributed by atoms with van der Waals surface area (Å²) in [6.07, 6.45) is 0. The zero-order valence-electron chi connectivity index (χ0n) is 9.06. The second kappa shape index (κ2) is 6.51. The minimum Gasteiger partial charge on any atom is -0.289 e. The van der Waals surface area contributed by atoms with Gasteiger partial charge in [-0.3, -0.25) is 9.18 Å². The maximum atomic E-state index is 11.8. The van der Waals surface area contributed by atoms with E-state index in [0.29, 0.717) is 7.18 Å². The predicted molar refractivity (Wildman–Crippen MR) is 63.3 cm³/mol. The average molecular weight is 216 g/mol. The molecule has 0 fully saturated rings. The lowest BCUT2D eigenvalue weighted by Crippen LogP contribution is -1.99. The maximum Gasteiger partial charge on any atom is 0.193 e. The van der Waals surface area contributed by atoms with Crippen LogP contribution in [0.3, 0.4) is 0 Å². The Labute approximate surface area is 94.6 Å². The average Bonchev–Trinajstić information content (AvgIpc) is 2.42. The molecule has 0 aliphatic heterocycles. The zero-order valence-corrected chi connectivity index (χ0v) is 9.06. The summed E-state index contributed by atoms with van der Waals surface area (Å²) in [5, 5.41) is 0. The molecule has 0 saturated heterocycles. The van der Waals surface area contributed by atoms with E-state index in [1.807, 2.05) is 60.7 Å². The predicted octanol–water partition coefficient (Wildman–Crippen LogP) is 3.50. The van der Waals surface area contributed by atoms with Crippen molar-refractivity contribution >= 4 is 5.78 Å². The molecule has 0 radical (unpaired) electrons. The summed E-state index contributed by atoms with van der Waals surface area (Å²) < 4.78 is 9.50. The normalized spacial score (nSPS) is 8.88. The van der Waals surface area contributed by atoms with Gasteiger partial charge in [0.05, 0.1) is 7.18 Å². The van der Waals surface area contributed by atoms with Gasteiger partial charge in [-0.05, 0) is 0 Å². The van der Waals surface area contributed by atoms with Crippen molar-refractivity contribution in [3.05, 3.63) is 71.8 Å². The van der Waals surface area contributed by atoms with Crippen LogP contribution >= 0.6 is 0 Å². The number of ketones is 1. The van der Waals surface area contributed by atoms with E-state index in [1.54, 1.807) is 0 Å². The Morgan fingerprint density at radius 3 is 1.38 bits per heavy atom. The Kier molecular flexibility index (Phi) is 4.93. The van der Waals surface area contributed by atoms with Gasteiger partial charge < -0.3 is 0 Å². The molecule has 0 bridgehead atoms. The van der Waals surface area contributed by atoms with Gasteiger partial charge >= 0.3 is 0 Å². The van der Waals surface area contributed by atoms with Crippen LogP contribution in [-0.4, -0.2) is 13.0 Å². The van der Waals surface area contributed by atoms with E-state index < -0.39 is 0 Å². The van der Waals surface area contributed by atoms with Gasteiger partial charge in [0.25, 0.3) is 0 Å². The minimum atomic E-state index is 0.0752. The van der Waals surface area contributed by atoms with Crippen molar-refractivity contribution in [2.24, 2.45) is 0 Å². The van der Waals surface area contributed by atoms with Crippen LogP contribution in [-0.2, 0) is 0 Å².